The van der Waals surface area contributed by atoms with Crippen LogP contribution in [-0.2, 0) is 0 Å². The summed E-state index contributed by atoms with van der Waals surface area (Å²) in [7, 11) is 1.68. The fraction of sp³-hybridized carbons (Fsp3) is 0.583. The van der Waals surface area contributed by atoms with Crippen LogP contribution in [0.3, 0.4) is 0 Å². The van der Waals surface area contributed by atoms with Gasteiger partial charge in [-0.3, -0.25) is 4.98 Å². The van der Waals surface area contributed by atoms with Crippen LogP contribution in [0.1, 0.15) is 12.1 Å². The lowest BCUT2D eigenvalue weighted by molar-refractivity contribution is 0.414. The van der Waals surface area contributed by atoms with E-state index in [1.165, 1.54) is 6.42 Å². The van der Waals surface area contributed by atoms with Crippen molar-refractivity contribution in [3.63, 3.8) is 0 Å². The number of aromatic nitrogens is 1. The number of nitrogens with one attached hydrogen (secondary N) is 2. The molecule has 4 nitrogen and oxygen atoms in total. The van der Waals surface area contributed by atoms with Crippen molar-refractivity contribution in [2.45, 2.75) is 13.3 Å². The molecule has 0 amide bonds. The summed E-state index contributed by atoms with van der Waals surface area (Å²) in [5, 5.41) is 6.81. The van der Waals surface area contributed by atoms with Crippen molar-refractivity contribution in [1.82, 2.24) is 10.3 Å². The zero-order valence-corrected chi connectivity index (χ0v) is 9.92. The van der Waals surface area contributed by atoms with Gasteiger partial charge in [0.05, 0.1) is 19.0 Å². The predicted octanol–water partition coefficient (Wildman–Crippen LogP) is 1.42. The molecule has 1 saturated heterocycles. The van der Waals surface area contributed by atoms with Gasteiger partial charge in [0.15, 0.2) is 5.75 Å². The van der Waals surface area contributed by atoms with Crippen molar-refractivity contribution in [2.24, 2.45) is 5.92 Å². The first-order valence-corrected chi connectivity index (χ1v) is 5.75. The molecule has 0 aliphatic carbocycles. The highest BCUT2D eigenvalue weighted by atomic mass is 16.5. The average Bonchev–Trinajstić information content (AvgIpc) is 2.79. The van der Waals surface area contributed by atoms with Gasteiger partial charge in [0.2, 0.25) is 0 Å². The van der Waals surface area contributed by atoms with Crippen LogP contribution in [-0.4, -0.2) is 31.7 Å². The van der Waals surface area contributed by atoms with Crippen LogP contribution >= 0.6 is 0 Å². The molecule has 0 spiro atoms. The molecule has 0 saturated carbocycles. The minimum Gasteiger partial charge on any atom is -0.493 e. The summed E-state index contributed by atoms with van der Waals surface area (Å²) in [5.74, 6) is 1.54. The van der Waals surface area contributed by atoms with E-state index in [2.05, 4.69) is 15.6 Å². The quantitative estimate of drug-likeness (QED) is 0.807. The van der Waals surface area contributed by atoms with Crippen LogP contribution in [0.2, 0.25) is 0 Å². The van der Waals surface area contributed by atoms with Gasteiger partial charge < -0.3 is 15.4 Å². The van der Waals surface area contributed by atoms with Gasteiger partial charge in [-0.25, -0.2) is 0 Å². The molecule has 1 aromatic heterocycles. The van der Waals surface area contributed by atoms with E-state index in [-0.39, 0.29) is 0 Å². The van der Waals surface area contributed by atoms with Crippen molar-refractivity contribution in [3.8, 4) is 5.75 Å². The summed E-state index contributed by atoms with van der Waals surface area (Å²) in [4.78, 5) is 4.21. The zero-order chi connectivity index (χ0) is 11.4. The van der Waals surface area contributed by atoms with Gasteiger partial charge in [-0.1, -0.05) is 0 Å². The first kappa shape index (κ1) is 11.2. The summed E-state index contributed by atoms with van der Waals surface area (Å²) >= 11 is 0. The van der Waals surface area contributed by atoms with Crippen molar-refractivity contribution < 1.29 is 4.74 Å². The van der Waals surface area contributed by atoms with E-state index >= 15 is 0 Å². The second kappa shape index (κ2) is 5.16. The summed E-state index contributed by atoms with van der Waals surface area (Å²) in [6.07, 6.45) is 3.02. The molecule has 1 aromatic rings. The Hall–Kier alpha value is -1.29. The average molecular weight is 221 g/mol. The number of nitrogens with zero attached hydrogens (tertiary/aromatic N) is 1. The first-order chi connectivity index (χ1) is 7.79. The number of methoxy groups -OCH3 is 1. The smallest absolute Gasteiger partial charge is 0.160 e. The molecule has 1 unspecified atom stereocenters. The highest BCUT2D eigenvalue weighted by Gasteiger charge is 2.14. The highest BCUT2D eigenvalue weighted by Crippen LogP contribution is 2.24. The lowest BCUT2D eigenvalue weighted by Crippen LogP contribution is -2.17. The number of aryl methyl sites for hydroxylation is 1. The Morgan fingerprint density at radius 1 is 1.62 bits per heavy atom. The lowest BCUT2D eigenvalue weighted by Gasteiger charge is -2.14. The summed E-state index contributed by atoms with van der Waals surface area (Å²) < 4.78 is 5.27. The molecular weight excluding hydrogens is 202 g/mol. The van der Waals surface area contributed by atoms with Gasteiger partial charge in [0.1, 0.15) is 0 Å². The molecule has 2 N–H and O–H groups in total. The fourth-order valence-corrected chi connectivity index (χ4v) is 1.99. The van der Waals surface area contributed by atoms with Gasteiger partial charge in [-0.15, -0.1) is 0 Å². The van der Waals surface area contributed by atoms with E-state index < -0.39 is 0 Å². The third-order valence-electron chi connectivity index (χ3n) is 2.97. The Balaban J connectivity index is 1.98. The third kappa shape index (κ3) is 2.64. The molecule has 0 aromatic carbocycles. The molecule has 1 fully saturated rings. The Morgan fingerprint density at radius 2 is 2.50 bits per heavy atom. The Kier molecular flexibility index (Phi) is 3.62. The van der Waals surface area contributed by atoms with Crippen molar-refractivity contribution >= 4 is 5.69 Å². The van der Waals surface area contributed by atoms with E-state index in [1.807, 2.05) is 13.0 Å². The van der Waals surface area contributed by atoms with E-state index in [9.17, 15) is 0 Å². The monoisotopic (exact) mass is 221 g/mol. The van der Waals surface area contributed by atoms with Crippen LogP contribution in [0.25, 0.3) is 0 Å². The van der Waals surface area contributed by atoms with Gasteiger partial charge in [0.25, 0.3) is 0 Å². The molecule has 1 aliphatic heterocycles. The minimum absolute atomic E-state index is 0.721. The predicted molar refractivity (Wildman–Crippen MR) is 65.0 cm³/mol. The number of ether oxygens (including phenoxy) is 1. The maximum Gasteiger partial charge on any atom is 0.160 e. The summed E-state index contributed by atoms with van der Waals surface area (Å²) in [6.45, 7) is 5.23. The standard InChI is InChI=1S/C12H19N3O/c1-9-5-11(12(16-2)8-14-9)15-7-10-3-4-13-6-10/h5,8,10,13H,3-4,6-7H2,1-2H3,(H,14,15). The second-order valence-electron chi connectivity index (χ2n) is 4.27. The number of hydrogen-bond donors (Lipinski definition) is 2. The first-order valence-electron chi connectivity index (χ1n) is 5.75. The van der Waals surface area contributed by atoms with Crippen LogP contribution in [0.4, 0.5) is 5.69 Å². The molecular formula is C12H19N3O. The van der Waals surface area contributed by atoms with Crippen LogP contribution < -0.4 is 15.4 Å². The number of pyridine rings is 1. The molecule has 2 heterocycles. The topological polar surface area (TPSA) is 46.2 Å². The SMILES string of the molecule is COc1cnc(C)cc1NCC1CCNC1. The van der Waals surface area contributed by atoms with Crippen LogP contribution in [0.15, 0.2) is 12.3 Å². The van der Waals surface area contributed by atoms with Crippen molar-refractivity contribution in [3.05, 3.63) is 18.0 Å². The van der Waals surface area contributed by atoms with E-state index in [0.717, 1.165) is 42.7 Å². The van der Waals surface area contributed by atoms with Crippen molar-refractivity contribution in [1.29, 1.82) is 0 Å². The second-order valence-corrected chi connectivity index (χ2v) is 4.27. The maximum atomic E-state index is 5.27. The van der Waals surface area contributed by atoms with Gasteiger partial charge in [0, 0.05) is 12.2 Å². The van der Waals surface area contributed by atoms with E-state index in [1.54, 1.807) is 13.3 Å². The molecule has 0 bridgehead atoms. The molecule has 88 valence electrons. The fourth-order valence-electron chi connectivity index (χ4n) is 1.99. The minimum atomic E-state index is 0.721. The van der Waals surface area contributed by atoms with Gasteiger partial charge in [-0.2, -0.15) is 0 Å². The van der Waals surface area contributed by atoms with Crippen LogP contribution in [0, 0.1) is 12.8 Å². The van der Waals surface area contributed by atoms with Gasteiger partial charge >= 0.3 is 0 Å². The Bertz CT molecular complexity index is 348. The van der Waals surface area contributed by atoms with Gasteiger partial charge in [-0.05, 0) is 38.4 Å². The Morgan fingerprint density at radius 3 is 3.19 bits per heavy atom. The van der Waals surface area contributed by atoms with E-state index in [0.29, 0.717) is 0 Å². The normalized spacial score (nSPS) is 19.8. The zero-order valence-electron chi connectivity index (χ0n) is 9.92. The van der Waals surface area contributed by atoms with Crippen LogP contribution in [0.5, 0.6) is 5.75 Å². The molecule has 4 heteroatoms. The molecule has 2 rings (SSSR count). The maximum absolute atomic E-state index is 5.27. The number of anilines is 1. The number of rotatable bonds is 4. The number of hydrogen-bond acceptors (Lipinski definition) is 4. The summed E-state index contributed by atoms with van der Waals surface area (Å²) in [6, 6.07) is 2.03. The molecule has 1 aliphatic rings. The Labute approximate surface area is 96.4 Å². The highest BCUT2D eigenvalue weighted by molar-refractivity contribution is 5.55. The lowest BCUT2D eigenvalue weighted by atomic mass is 10.1. The summed E-state index contributed by atoms with van der Waals surface area (Å²) in [5.41, 5.74) is 2.05. The molecule has 0 radical (unpaired) electrons. The van der Waals surface area contributed by atoms with Crippen molar-refractivity contribution in [2.75, 3.05) is 32.1 Å². The largest absolute Gasteiger partial charge is 0.493 e. The molecule has 16 heavy (non-hydrogen) atoms. The van der Waals surface area contributed by atoms with E-state index in [4.69, 9.17) is 4.74 Å². The molecule has 1 atom stereocenters. The third-order valence-corrected chi connectivity index (χ3v) is 2.97.